The Hall–Kier alpha value is -2.02. The molecule has 6 nitrogen and oxygen atoms in total. The molecule has 1 unspecified atom stereocenters. The van der Waals surface area contributed by atoms with Crippen LogP contribution in [0.5, 0.6) is 0 Å². The van der Waals surface area contributed by atoms with E-state index in [1.165, 1.54) is 37.9 Å². The standard InChI is InChI=1S/C15H19NO5S/c1-5-21-15(19)13(22-4)11-8-10(14(18)20-3)6-7-12(11)16-9(2)17/h6-8,13H,5H2,1-4H3,(H,16,17). The number of hydrogen-bond acceptors (Lipinski definition) is 6. The molecule has 0 saturated carbocycles. The lowest BCUT2D eigenvalue weighted by Crippen LogP contribution is -2.17. The Morgan fingerprint density at radius 2 is 2.00 bits per heavy atom. The summed E-state index contributed by atoms with van der Waals surface area (Å²) in [6.45, 7) is 3.34. The summed E-state index contributed by atoms with van der Waals surface area (Å²) >= 11 is 1.26. The lowest BCUT2D eigenvalue weighted by atomic mass is 10.0. The van der Waals surface area contributed by atoms with Crippen LogP contribution in [0.4, 0.5) is 5.69 Å². The van der Waals surface area contributed by atoms with Gasteiger partial charge in [-0.1, -0.05) is 0 Å². The summed E-state index contributed by atoms with van der Waals surface area (Å²) in [5.74, 6) is -1.21. The van der Waals surface area contributed by atoms with Crippen LogP contribution < -0.4 is 5.32 Å². The molecule has 1 aromatic rings. The van der Waals surface area contributed by atoms with Crippen molar-refractivity contribution in [2.24, 2.45) is 0 Å². The predicted molar refractivity (Wildman–Crippen MR) is 85.0 cm³/mol. The number of methoxy groups -OCH3 is 1. The van der Waals surface area contributed by atoms with Gasteiger partial charge < -0.3 is 14.8 Å². The van der Waals surface area contributed by atoms with Crippen molar-refractivity contribution in [3.8, 4) is 0 Å². The molecule has 0 fully saturated rings. The summed E-state index contributed by atoms with van der Waals surface area (Å²) < 4.78 is 9.73. The van der Waals surface area contributed by atoms with Crippen LogP contribution in [0, 0.1) is 0 Å². The molecular formula is C15H19NO5S. The summed E-state index contributed by atoms with van der Waals surface area (Å²) in [7, 11) is 1.28. The maximum atomic E-state index is 12.1. The van der Waals surface area contributed by atoms with E-state index in [1.807, 2.05) is 0 Å². The average Bonchev–Trinajstić information content (AvgIpc) is 2.48. The number of hydrogen-bond donors (Lipinski definition) is 1. The second-order valence-electron chi connectivity index (χ2n) is 4.34. The fourth-order valence-electron chi connectivity index (χ4n) is 1.90. The van der Waals surface area contributed by atoms with Crippen molar-refractivity contribution in [2.45, 2.75) is 19.1 Å². The number of thioether (sulfide) groups is 1. The fraction of sp³-hybridized carbons (Fsp3) is 0.400. The molecule has 0 aliphatic rings. The molecule has 1 amide bonds. The molecule has 0 aromatic heterocycles. The first kappa shape index (κ1) is 18.0. The van der Waals surface area contributed by atoms with Crippen molar-refractivity contribution in [3.63, 3.8) is 0 Å². The third-order valence-electron chi connectivity index (χ3n) is 2.80. The highest BCUT2D eigenvalue weighted by atomic mass is 32.2. The molecule has 0 bridgehead atoms. The Kier molecular flexibility index (Phi) is 6.91. The Morgan fingerprint density at radius 3 is 2.50 bits per heavy atom. The predicted octanol–water partition coefficient (Wildman–Crippen LogP) is 2.40. The average molecular weight is 325 g/mol. The van der Waals surface area contributed by atoms with Gasteiger partial charge in [0.15, 0.2) is 0 Å². The van der Waals surface area contributed by atoms with Crippen molar-refractivity contribution in [2.75, 3.05) is 25.3 Å². The zero-order valence-electron chi connectivity index (χ0n) is 13.0. The summed E-state index contributed by atoms with van der Waals surface area (Å²) in [5, 5.41) is 2.01. The molecule has 7 heteroatoms. The van der Waals surface area contributed by atoms with Crippen LogP contribution in [0.2, 0.25) is 0 Å². The topological polar surface area (TPSA) is 81.7 Å². The SMILES string of the molecule is CCOC(=O)C(SC)c1cc(C(=O)OC)ccc1NC(C)=O. The van der Waals surface area contributed by atoms with Crippen molar-refractivity contribution in [1.82, 2.24) is 0 Å². The van der Waals surface area contributed by atoms with Crippen molar-refractivity contribution in [3.05, 3.63) is 29.3 Å². The highest BCUT2D eigenvalue weighted by Gasteiger charge is 2.25. The summed E-state index contributed by atoms with van der Waals surface area (Å²) in [5.41, 5.74) is 1.27. The first-order valence-electron chi connectivity index (χ1n) is 6.63. The molecule has 1 aromatic carbocycles. The van der Waals surface area contributed by atoms with Crippen LogP contribution in [0.1, 0.15) is 35.0 Å². The number of esters is 2. The van der Waals surface area contributed by atoms with Gasteiger partial charge in [-0.05, 0) is 31.4 Å². The Balaban J connectivity index is 3.32. The number of nitrogens with one attached hydrogen (secondary N) is 1. The Labute approximate surface area is 133 Å². The third-order valence-corrected chi connectivity index (χ3v) is 3.72. The van der Waals surface area contributed by atoms with E-state index in [4.69, 9.17) is 4.74 Å². The zero-order valence-corrected chi connectivity index (χ0v) is 13.8. The van der Waals surface area contributed by atoms with Gasteiger partial charge in [0.25, 0.3) is 0 Å². The third kappa shape index (κ3) is 4.49. The highest BCUT2D eigenvalue weighted by Crippen LogP contribution is 2.34. The minimum Gasteiger partial charge on any atom is -0.465 e. The second kappa shape index (κ2) is 8.43. The molecule has 0 radical (unpaired) electrons. The fourth-order valence-corrected chi connectivity index (χ4v) is 2.61. The molecule has 120 valence electrons. The Morgan fingerprint density at radius 1 is 1.32 bits per heavy atom. The molecule has 0 spiro atoms. The zero-order chi connectivity index (χ0) is 16.7. The number of anilines is 1. The quantitative estimate of drug-likeness (QED) is 0.809. The van der Waals surface area contributed by atoms with Gasteiger partial charge in [0.05, 0.1) is 19.3 Å². The number of carbonyl (C=O) groups is 3. The van der Waals surface area contributed by atoms with Crippen LogP contribution in [-0.4, -0.2) is 37.8 Å². The van der Waals surface area contributed by atoms with E-state index in [1.54, 1.807) is 19.2 Å². The molecular weight excluding hydrogens is 306 g/mol. The van der Waals surface area contributed by atoms with Gasteiger partial charge in [0, 0.05) is 18.2 Å². The van der Waals surface area contributed by atoms with Gasteiger partial charge in [0.1, 0.15) is 5.25 Å². The van der Waals surface area contributed by atoms with Gasteiger partial charge in [0.2, 0.25) is 5.91 Å². The van der Waals surface area contributed by atoms with E-state index in [0.717, 1.165) is 0 Å². The highest BCUT2D eigenvalue weighted by molar-refractivity contribution is 7.99. The van der Waals surface area contributed by atoms with Crippen LogP contribution in [0.3, 0.4) is 0 Å². The largest absolute Gasteiger partial charge is 0.465 e. The van der Waals surface area contributed by atoms with Crippen LogP contribution in [-0.2, 0) is 19.1 Å². The van der Waals surface area contributed by atoms with E-state index in [2.05, 4.69) is 10.1 Å². The van der Waals surface area contributed by atoms with Gasteiger partial charge >= 0.3 is 11.9 Å². The summed E-state index contributed by atoms with van der Waals surface area (Å²) in [4.78, 5) is 35.1. The first-order chi connectivity index (χ1) is 10.4. The van der Waals surface area contributed by atoms with Gasteiger partial charge in [-0.2, -0.15) is 0 Å². The van der Waals surface area contributed by atoms with Crippen molar-refractivity contribution < 1.29 is 23.9 Å². The van der Waals surface area contributed by atoms with E-state index in [9.17, 15) is 14.4 Å². The van der Waals surface area contributed by atoms with Crippen molar-refractivity contribution >= 4 is 35.3 Å². The molecule has 22 heavy (non-hydrogen) atoms. The number of carbonyl (C=O) groups excluding carboxylic acids is 3. The van der Waals surface area contributed by atoms with Gasteiger partial charge in [-0.15, -0.1) is 11.8 Å². The maximum Gasteiger partial charge on any atom is 0.337 e. The normalized spacial score (nSPS) is 11.5. The summed E-state index contributed by atoms with van der Waals surface area (Å²) in [6, 6.07) is 4.64. The van der Waals surface area contributed by atoms with E-state index in [-0.39, 0.29) is 12.5 Å². The first-order valence-corrected chi connectivity index (χ1v) is 7.92. The Bertz CT molecular complexity index is 573. The number of rotatable bonds is 6. The van der Waals surface area contributed by atoms with E-state index >= 15 is 0 Å². The lowest BCUT2D eigenvalue weighted by molar-refractivity contribution is -0.142. The van der Waals surface area contributed by atoms with E-state index in [0.29, 0.717) is 16.8 Å². The number of benzene rings is 1. The van der Waals surface area contributed by atoms with Crippen LogP contribution >= 0.6 is 11.8 Å². The lowest BCUT2D eigenvalue weighted by Gasteiger charge is -2.18. The van der Waals surface area contributed by atoms with Crippen LogP contribution in [0.25, 0.3) is 0 Å². The monoisotopic (exact) mass is 325 g/mol. The maximum absolute atomic E-state index is 12.1. The molecule has 0 aliphatic carbocycles. The molecule has 1 N–H and O–H groups in total. The second-order valence-corrected chi connectivity index (χ2v) is 5.29. The summed E-state index contributed by atoms with van der Waals surface area (Å²) in [6.07, 6.45) is 1.75. The minimum absolute atomic E-state index is 0.252. The molecule has 0 heterocycles. The number of amides is 1. The minimum atomic E-state index is -0.647. The van der Waals surface area contributed by atoms with Crippen LogP contribution in [0.15, 0.2) is 18.2 Å². The molecule has 1 rings (SSSR count). The smallest absolute Gasteiger partial charge is 0.337 e. The molecule has 0 saturated heterocycles. The van der Waals surface area contributed by atoms with Crippen molar-refractivity contribution in [1.29, 1.82) is 0 Å². The van der Waals surface area contributed by atoms with Gasteiger partial charge in [-0.3, -0.25) is 9.59 Å². The molecule has 1 atom stereocenters. The van der Waals surface area contributed by atoms with E-state index < -0.39 is 17.2 Å². The van der Waals surface area contributed by atoms with Gasteiger partial charge in [-0.25, -0.2) is 4.79 Å². The number of ether oxygens (including phenoxy) is 2. The molecule has 0 aliphatic heterocycles.